The lowest BCUT2D eigenvalue weighted by atomic mass is 9.77. The Morgan fingerprint density at radius 3 is 2.79 bits per heavy atom. The lowest BCUT2D eigenvalue weighted by Gasteiger charge is -2.43. The van der Waals surface area contributed by atoms with E-state index < -0.39 is 6.10 Å². The standard InChI is InChI=1S/C22H34N2O4/c1-27-15-18(25)13-23-14-21(26)24-11-10-17-12-19(28-2)8-9-20(17)22(24)16-6-4-3-5-7-16/h8-9,12,16,18,22-23,25H,3-7,10-11,13-15H2,1-2H3/t18-,22?/m0/s1. The van der Waals surface area contributed by atoms with Gasteiger partial charge in [-0.15, -0.1) is 0 Å². The third-order valence-corrected chi connectivity index (χ3v) is 6.06. The molecule has 1 aliphatic carbocycles. The van der Waals surface area contributed by atoms with E-state index in [-0.39, 0.29) is 25.1 Å². The average molecular weight is 391 g/mol. The topological polar surface area (TPSA) is 71.0 Å². The van der Waals surface area contributed by atoms with Crippen molar-refractivity contribution in [3.63, 3.8) is 0 Å². The summed E-state index contributed by atoms with van der Waals surface area (Å²) in [7, 11) is 3.26. The van der Waals surface area contributed by atoms with Crippen molar-refractivity contribution in [2.45, 2.75) is 50.7 Å². The van der Waals surface area contributed by atoms with E-state index in [9.17, 15) is 9.90 Å². The van der Waals surface area contributed by atoms with Crippen molar-refractivity contribution in [1.29, 1.82) is 0 Å². The van der Waals surface area contributed by atoms with Crippen LogP contribution in [0.25, 0.3) is 0 Å². The maximum atomic E-state index is 13.0. The van der Waals surface area contributed by atoms with Gasteiger partial charge in [0.1, 0.15) is 5.75 Å². The van der Waals surface area contributed by atoms with Crippen LogP contribution in [-0.2, 0) is 16.0 Å². The van der Waals surface area contributed by atoms with Crippen molar-refractivity contribution in [2.75, 3.05) is 40.5 Å². The van der Waals surface area contributed by atoms with Gasteiger partial charge in [0.05, 0.1) is 32.4 Å². The fourth-order valence-electron chi connectivity index (χ4n) is 4.70. The molecule has 0 aromatic heterocycles. The van der Waals surface area contributed by atoms with Gasteiger partial charge in [0.15, 0.2) is 0 Å². The first-order valence-electron chi connectivity index (χ1n) is 10.5. The van der Waals surface area contributed by atoms with Crippen molar-refractivity contribution in [2.24, 2.45) is 5.92 Å². The normalized spacial score (nSPS) is 21.2. The molecule has 156 valence electrons. The van der Waals surface area contributed by atoms with E-state index in [0.717, 1.165) is 18.7 Å². The van der Waals surface area contributed by atoms with Crippen LogP contribution in [0.3, 0.4) is 0 Å². The molecule has 1 unspecified atom stereocenters. The first-order chi connectivity index (χ1) is 13.6. The Kier molecular flexibility index (Phi) is 7.71. The molecule has 3 rings (SSSR count). The number of hydrogen-bond acceptors (Lipinski definition) is 5. The van der Waals surface area contributed by atoms with Gasteiger partial charge in [0, 0.05) is 20.2 Å². The van der Waals surface area contributed by atoms with Gasteiger partial charge in [0.2, 0.25) is 5.91 Å². The second-order valence-electron chi connectivity index (χ2n) is 7.98. The first kappa shape index (κ1) is 21.1. The second kappa shape index (κ2) is 10.2. The Balaban J connectivity index is 1.74. The van der Waals surface area contributed by atoms with E-state index in [1.807, 2.05) is 6.07 Å². The van der Waals surface area contributed by atoms with Crippen molar-refractivity contribution in [1.82, 2.24) is 10.2 Å². The van der Waals surface area contributed by atoms with Crippen molar-refractivity contribution >= 4 is 5.91 Å². The molecule has 1 aromatic carbocycles. The Labute approximate surface area is 168 Å². The number of carbonyl (C=O) groups is 1. The number of amides is 1. The average Bonchev–Trinajstić information content (AvgIpc) is 2.73. The Morgan fingerprint density at radius 1 is 1.29 bits per heavy atom. The predicted molar refractivity (Wildman–Crippen MR) is 108 cm³/mol. The van der Waals surface area contributed by atoms with Gasteiger partial charge in [-0.05, 0) is 48.4 Å². The third-order valence-electron chi connectivity index (χ3n) is 6.06. The minimum Gasteiger partial charge on any atom is -0.497 e. The van der Waals surface area contributed by atoms with E-state index in [1.54, 1.807) is 14.2 Å². The maximum Gasteiger partial charge on any atom is 0.237 e. The monoisotopic (exact) mass is 390 g/mol. The van der Waals surface area contributed by atoms with Crippen LogP contribution in [0.15, 0.2) is 18.2 Å². The summed E-state index contributed by atoms with van der Waals surface area (Å²) in [5.41, 5.74) is 2.59. The quantitative estimate of drug-likeness (QED) is 0.713. The molecule has 1 fully saturated rings. The maximum absolute atomic E-state index is 13.0. The fraction of sp³-hybridized carbons (Fsp3) is 0.682. The predicted octanol–water partition coefficient (Wildman–Crippen LogP) is 2.30. The Bertz CT molecular complexity index is 645. The molecule has 0 bridgehead atoms. The molecular formula is C22H34N2O4. The summed E-state index contributed by atoms with van der Waals surface area (Å²) in [5, 5.41) is 12.9. The molecular weight excluding hydrogens is 356 g/mol. The van der Waals surface area contributed by atoms with Crippen molar-refractivity contribution < 1.29 is 19.4 Å². The number of nitrogens with zero attached hydrogens (tertiary/aromatic N) is 1. The largest absolute Gasteiger partial charge is 0.497 e. The number of fused-ring (bicyclic) bond motifs is 1. The zero-order valence-electron chi connectivity index (χ0n) is 17.2. The van der Waals surface area contributed by atoms with Gasteiger partial charge in [-0.2, -0.15) is 0 Å². The lowest BCUT2D eigenvalue weighted by Crippen LogP contribution is -2.47. The summed E-state index contributed by atoms with van der Waals surface area (Å²) in [5.74, 6) is 1.51. The van der Waals surface area contributed by atoms with Crippen molar-refractivity contribution in [3.05, 3.63) is 29.3 Å². The summed E-state index contributed by atoms with van der Waals surface area (Å²) >= 11 is 0. The minimum atomic E-state index is -0.596. The molecule has 0 saturated heterocycles. The molecule has 2 aliphatic rings. The second-order valence-corrected chi connectivity index (χ2v) is 7.98. The Hall–Kier alpha value is -1.63. The number of benzene rings is 1. The van der Waals surface area contributed by atoms with Gasteiger partial charge in [-0.3, -0.25) is 4.79 Å². The molecule has 0 radical (unpaired) electrons. The molecule has 28 heavy (non-hydrogen) atoms. The molecule has 6 heteroatoms. The third kappa shape index (κ3) is 5.04. The number of rotatable bonds is 8. The van der Waals surface area contributed by atoms with E-state index in [1.165, 1.54) is 43.2 Å². The van der Waals surface area contributed by atoms with Crippen LogP contribution < -0.4 is 10.1 Å². The highest BCUT2D eigenvalue weighted by Crippen LogP contribution is 2.42. The summed E-state index contributed by atoms with van der Waals surface area (Å²) in [6.07, 6.45) is 6.41. The number of aliphatic hydroxyl groups is 1. The highest BCUT2D eigenvalue weighted by atomic mass is 16.5. The van der Waals surface area contributed by atoms with Gasteiger partial charge in [-0.1, -0.05) is 25.3 Å². The number of carbonyl (C=O) groups excluding carboxylic acids is 1. The molecule has 2 atom stereocenters. The summed E-state index contributed by atoms with van der Waals surface area (Å²) < 4.78 is 10.3. The number of ether oxygens (including phenoxy) is 2. The van der Waals surface area contributed by atoms with E-state index in [4.69, 9.17) is 9.47 Å². The molecule has 1 aromatic rings. The molecule has 1 heterocycles. The van der Waals surface area contributed by atoms with E-state index in [0.29, 0.717) is 12.5 Å². The van der Waals surface area contributed by atoms with E-state index in [2.05, 4.69) is 22.3 Å². The van der Waals surface area contributed by atoms with Crippen molar-refractivity contribution in [3.8, 4) is 5.75 Å². The summed E-state index contributed by atoms with van der Waals surface area (Å²) in [6, 6.07) is 6.45. The zero-order chi connectivity index (χ0) is 19.9. The van der Waals surface area contributed by atoms with Crippen LogP contribution in [-0.4, -0.2) is 62.5 Å². The van der Waals surface area contributed by atoms with Gasteiger partial charge in [0.25, 0.3) is 0 Å². The number of nitrogens with one attached hydrogen (secondary N) is 1. The van der Waals surface area contributed by atoms with Crippen LogP contribution in [0, 0.1) is 5.92 Å². The fourth-order valence-corrected chi connectivity index (χ4v) is 4.70. The van der Waals surface area contributed by atoms with E-state index >= 15 is 0 Å². The summed E-state index contributed by atoms with van der Waals surface area (Å²) in [6.45, 7) is 1.61. The summed E-state index contributed by atoms with van der Waals surface area (Å²) in [4.78, 5) is 15.1. The lowest BCUT2D eigenvalue weighted by molar-refractivity contribution is -0.135. The van der Waals surface area contributed by atoms with Crippen LogP contribution in [0.2, 0.25) is 0 Å². The SMILES string of the molecule is COC[C@@H](O)CNCC(=O)N1CCc2cc(OC)ccc2C1C1CCCCC1. The van der Waals surface area contributed by atoms with Crippen LogP contribution in [0.1, 0.15) is 49.3 Å². The highest BCUT2D eigenvalue weighted by Gasteiger charge is 2.36. The van der Waals surface area contributed by atoms with Crippen LogP contribution in [0.5, 0.6) is 5.75 Å². The Morgan fingerprint density at radius 2 is 2.07 bits per heavy atom. The first-order valence-corrected chi connectivity index (χ1v) is 10.5. The number of methoxy groups -OCH3 is 2. The smallest absolute Gasteiger partial charge is 0.237 e. The van der Waals surface area contributed by atoms with Crippen LogP contribution in [0.4, 0.5) is 0 Å². The van der Waals surface area contributed by atoms with Gasteiger partial charge >= 0.3 is 0 Å². The molecule has 0 spiro atoms. The van der Waals surface area contributed by atoms with Gasteiger partial charge < -0.3 is 24.8 Å². The molecule has 6 nitrogen and oxygen atoms in total. The van der Waals surface area contributed by atoms with Crippen LogP contribution >= 0.6 is 0 Å². The highest BCUT2D eigenvalue weighted by molar-refractivity contribution is 5.79. The molecule has 2 N–H and O–H groups in total. The number of aliphatic hydroxyl groups excluding tert-OH is 1. The molecule has 1 aliphatic heterocycles. The molecule has 1 saturated carbocycles. The molecule has 1 amide bonds. The number of hydrogen-bond donors (Lipinski definition) is 2. The minimum absolute atomic E-state index is 0.113. The zero-order valence-corrected chi connectivity index (χ0v) is 17.2. The van der Waals surface area contributed by atoms with Gasteiger partial charge in [-0.25, -0.2) is 0 Å².